The van der Waals surface area contributed by atoms with Gasteiger partial charge < -0.3 is 5.11 Å². The molecule has 21 heavy (non-hydrogen) atoms. The van der Waals surface area contributed by atoms with Crippen LogP contribution in [-0.4, -0.2) is 10.9 Å². The molecule has 0 spiro atoms. The maximum absolute atomic E-state index is 12.7. The van der Waals surface area contributed by atoms with Crippen molar-refractivity contribution in [3.05, 3.63) is 76.9 Å². The highest BCUT2D eigenvalue weighted by Crippen LogP contribution is 2.38. The van der Waals surface area contributed by atoms with E-state index in [0.717, 1.165) is 18.2 Å². The lowest BCUT2D eigenvalue weighted by molar-refractivity contribution is 0.104. The van der Waals surface area contributed by atoms with Gasteiger partial charge in [0.15, 0.2) is 5.78 Å². The Morgan fingerprint density at radius 2 is 1.48 bits per heavy atom. The summed E-state index contributed by atoms with van der Waals surface area (Å²) in [5.41, 5.74) is 3.68. The molecule has 0 bridgehead atoms. The summed E-state index contributed by atoms with van der Waals surface area (Å²) in [5.74, 6) is 0.151. The molecule has 0 aromatic heterocycles. The first-order chi connectivity index (χ1) is 10.3. The van der Waals surface area contributed by atoms with Gasteiger partial charge >= 0.3 is 0 Å². The van der Waals surface area contributed by atoms with E-state index in [1.807, 2.05) is 48.5 Å². The highest BCUT2D eigenvalue weighted by atomic mass is 16.3. The Hall–Kier alpha value is -2.61. The maximum atomic E-state index is 12.7. The third-order valence-corrected chi connectivity index (χ3v) is 4.26. The number of ketones is 1. The largest absolute Gasteiger partial charge is 0.507 e. The number of carbonyl (C=O) groups is 1. The van der Waals surface area contributed by atoms with Crippen LogP contribution in [0.25, 0.3) is 10.8 Å². The summed E-state index contributed by atoms with van der Waals surface area (Å²) < 4.78 is 0. The molecular formula is C19H14O2. The molecule has 0 heterocycles. The van der Waals surface area contributed by atoms with Crippen molar-refractivity contribution in [2.45, 2.75) is 12.8 Å². The van der Waals surface area contributed by atoms with Gasteiger partial charge in [0, 0.05) is 16.5 Å². The number of phenols is 1. The Labute approximate surface area is 122 Å². The normalized spacial score (nSPS) is 12.8. The smallest absolute Gasteiger partial charge is 0.193 e. The first-order valence-corrected chi connectivity index (χ1v) is 7.12. The second-order valence-corrected chi connectivity index (χ2v) is 5.46. The Kier molecular flexibility index (Phi) is 2.58. The van der Waals surface area contributed by atoms with Gasteiger partial charge in [0.25, 0.3) is 0 Å². The Balaban J connectivity index is 2.01. The van der Waals surface area contributed by atoms with Crippen LogP contribution in [0, 0.1) is 0 Å². The zero-order chi connectivity index (χ0) is 14.4. The molecule has 0 fully saturated rings. The van der Waals surface area contributed by atoms with Crippen molar-refractivity contribution in [2.75, 3.05) is 0 Å². The predicted octanol–water partition coefficient (Wildman–Crippen LogP) is 3.88. The lowest BCUT2D eigenvalue weighted by atomic mass is 9.94. The molecule has 2 heteroatoms. The van der Waals surface area contributed by atoms with Crippen LogP contribution >= 0.6 is 0 Å². The molecule has 3 aromatic rings. The molecule has 0 saturated carbocycles. The van der Waals surface area contributed by atoms with Gasteiger partial charge in [-0.15, -0.1) is 0 Å². The van der Waals surface area contributed by atoms with Gasteiger partial charge in [0.2, 0.25) is 0 Å². The van der Waals surface area contributed by atoms with Gasteiger partial charge in [-0.05, 0) is 41.5 Å². The Morgan fingerprint density at radius 1 is 0.810 bits per heavy atom. The van der Waals surface area contributed by atoms with Crippen molar-refractivity contribution >= 4 is 16.6 Å². The molecule has 0 atom stereocenters. The zero-order valence-electron chi connectivity index (χ0n) is 11.5. The van der Waals surface area contributed by atoms with Gasteiger partial charge in [-0.1, -0.05) is 42.5 Å². The number of carbonyl (C=O) groups excluding carboxylic acids is 1. The zero-order valence-corrected chi connectivity index (χ0v) is 11.5. The predicted molar refractivity (Wildman–Crippen MR) is 82.9 cm³/mol. The fraction of sp³-hybridized carbons (Fsp3) is 0.105. The third-order valence-electron chi connectivity index (χ3n) is 4.26. The van der Waals surface area contributed by atoms with Crippen LogP contribution in [0.4, 0.5) is 0 Å². The summed E-state index contributed by atoms with van der Waals surface area (Å²) in [6.45, 7) is 0. The van der Waals surface area contributed by atoms with E-state index in [1.54, 1.807) is 6.07 Å². The number of phenolic OH excluding ortho intramolecular Hbond substituents is 1. The maximum Gasteiger partial charge on any atom is 0.193 e. The second-order valence-electron chi connectivity index (χ2n) is 5.46. The summed E-state index contributed by atoms with van der Waals surface area (Å²) in [6, 6.07) is 16.8. The fourth-order valence-corrected chi connectivity index (χ4v) is 3.25. The first kappa shape index (κ1) is 12.2. The molecule has 1 aliphatic carbocycles. The van der Waals surface area contributed by atoms with E-state index in [2.05, 4.69) is 0 Å². The second kappa shape index (κ2) is 4.45. The van der Waals surface area contributed by atoms with Crippen LogP contribution in [0.5, 0.6) is 5.75 Å². The molecule has 102 valence electrons. The van der Waals surface area contributed by atoms with Crippen LogP contribution in [0.1, 0.15) is 27.0 Å². The van der Waals surface area contributed by atoms with E-state index < -0.39 is 0 Å². The topological polar surface area (TPSA) is 37.3 Å². The van der Waals surface area contributed by atoms with Crippen molar-refractivity contribution in [3.8, 4) is 5.75 Å². The SMILES string of the molecule is O=C(c1ccccc1)c1ccc2c3c(ccc(O)c13)CC2. The van der Waals surface area contributed by atoms with Crippen molar-refractivity contribution in [1.29, 1.82) is 0 Å². The van der Waals surface area contributed by atoms with E-state index in [4.69, 9.17) is 0 Å². The first-order valence-electron chi connectivity index (χ1n) is 7.12. The van der Waals surface area contributed by atoms with Crippen LogP contribution < -0.4 is 0 Å². The minimum Gasteiger partial charge on any atom is -0.507 e. The van der Waals surface area contributed by atoms with E-state index in [9.17, 15) is 9.90 Å². The molecular weight excluding hydrogens is 260 g/mol. The van der Waals surface area contributed by atoms with Gasteiger partial charge in [-0.2, -0.15) is 0 Å². The standard InChI is InChI=1S/C19H14O2/c20-16-11-9-13-7-6-12-8-10-15(18(16)17(12)13)19(21)14-4-2-1-3-5-14/h1-5,8-11,20H,6-7H2. The molecule has 2 nitrogen and oxygen atoms in total. The summed E-state index contributed by atoms with van der Waals surface area (Å²) in [6.07, 6.45) is 1.96. The lowest BCUT2D eigenvalue weighted by Gasteiger charge is -2.10. The number of benzene rings is 3. The quantitative estimate of drug-likeness (QED) is 0.720. The average Bonchev–Trinajstić information content (AvgIpc) is 2.95. The monoisotopic (exact) mass is 274 g/mol. The van der Waals surface area contributed by atoms with E-state index in [0.29, 0.717) is 16.5 Å². The number of aryl methyl sites for hydroxylation is 2. The summed E-state index contributed by atoms with van der Waals surface area (Å²) in [4.78, 5) is 12.7. The average molecular weight is 274 g/mol. The number of aromatic hydroxyl groups is 1. The minimum atomic E-state index is -0.0403. The van der Waals surface area contributed by atoms with Crippen molar-refractivity contribution in [1.82, 2.24) is 0 Å². The van der Waals surface area contributed by atoms with Gasteiger partial charge in [0.1, 0.15) is 5.75 Å². The molecule has 0 saturated heterocycles. The highest BCUT2D eigenvalue weighted by molar-refractivity contribution is 6.18. The number of rotatable bonds is 2. The number of hydrogen-bond acceptors (Lipinski definition) is 2. The molecule has 0 aliphatic heterocycles. The molecule has 3 aromatic carbocycles. The van der Waals surface area contributed by atoms with Crippen LogP contribution in [0.3, 0.4) is 0 Å². The molecule has 0 unspecified atom stereocenters. The highest BCUT2D eigenvalue weighted by Gasteiger charge is 2.21. The van der Waals surface area contributed by atoms with Crippen LogP contribution in [0.15, 0.2) is 54.6 Å². The van der Waals surface area contributed by atoms with Crippen molar-refractivity contribution in [3.63, 3.8) is 0 Å². The Bertz CT molecular complexity index is 853. The van der Waals surface area contributed by atoms with Crippen molar-refractivity contribution < 1.29 is 9.90 Å². The molecule has 1 N–H and O–H groups in total. The van der Waals surface area contributed by atoms with Crippen LogP contribution in [0.2, 0.25) is 0 Å². The minimum absolute atomic E-state index is 0.0403. The summed E-state index contributed by atoms with van der Waals surface area (Å²) in [7, 11) is 0. The van der Waals surface area contributed by atoms with Gasteiger partial charge in [0.05, 0.1) is 0 Å². The molecule has 1 aliphatic rings. The van der Waals surface area contributed by atoms with Gasteiger partial charge in [-0.25, -0.2) is 0 Å². The third kappa shape index (κ3) is 1.76. The van der Waals surface area contributed by atoms with Crippen LogP contribution in [-0.2, 0) is 12.8 Å². The van der Waals surface area contributed by atoms with E-state index in [1.165, 1.54) is 11.1 Å². The summed E-state index contributed by atoms with van der Waals surface area (Å²) >= 11 is 0. The van der Waals surface area contributed by atoms with E-state index >= 15 is 0 Å². The fourth-order valence-electron chi connectivity index (χ4n) is 3.25. The lowest BCUT2D eigenvalue weighted by Crippen LogP contribution is -2.02. The Morgan fingerprint density at radius 3 is 2.19 bits per heavy atom. The molecule has 0 radical (unpaired) electrons. The summed E-state index contributed by atoms with van der Waals surface area (Å²) in [5, 5.41) is 12.0. The van der Waals surface area contributed by atoms with Crippen molar-refractivity contribution in [2.24, 2.45) is 0 Å². The molecule has 0 amide bonds. The van der Waals surface area contributed by atoms with E-state index in [-0.39, 0.29) is 11.5 Å². The van der Waals surface area contributed by atoms with Gasteiger partial charge in [-0.3, -0.25) is 4.79 Å². The molecule has 4 rings (SSSR count). The number of hydrogen-bond donors (Lipinski definition) is 1.